The quantitative estimate of drug-likeness (QED) is 0.914. The van der Waals surface area contributed by atoms with E-state index in [1.54, 1.807) is 13.2 Å². The molecule has 0 saturated heterocycles. The lowest BCUT2D eigenvalue weighted by atomic mass is 10.0. The number of para-hydroxylation sites is 1. The zero-order valence-corrected chi connectivity index (χ0v) is 12.5. The van der Waals surface area contributed by atoms with Gasteiger partial charge in [-0.25, -0.2) is 0 Å². The van der Waals surface area contributed by atoms with Crippen LogP contribution in [-0.4, -0.2) is 26.3 Å². The van der Waals surface area contributed by atoms with E-state index in [1.165, 1.54) is 0 Å². The molecule has 0 saturated carbocycles. The Bertz CT molecular complexity index is 661. The van der Waals surface area contributed by atoms with Crippen molar-refractivity contribution in [1.29, 1.82) is 0 Å². The van der Waals surface area contributed by atoms with Crippen molar-refractivity contribution in [1.82, 2.24) is 0 Å². The van der Waals surface area contributed by atoms with Crippen LogP contribution in [0.2, 0.25) is 5.02 Å². The maximum Gasteiger partial charge on any atom is 0.150 e. The standard InChI is InChI=1S/C16H17ClN2O2/c1-20-10-5-6-12(14(17)7-10)13-3-2-4-15-16(13)21-11(8-18)9-19-15/h2-7,11,19H,8-9,18H2,1H3/t11-/m1/s1. The fourth-order valence-electron chi connectivity index (χ4n) is 2.42. The number of halogens is 1. The van der Waals surface area contributed by atoms with Gasteiger partial charge in [0.1, 0.15) is 11.9 Å². The van der Waals surface area contributed by atoms with Crippen molar-refractivity contribution < 1.29 is 9.47 Å². The maximum atomic E-state index is 6.37. The third kappa shape index (κ3) is 2.64. The molecule has 5 heteroatoms. The third-order valence-electron chi connectivity index (χ3n) is 3.55. The topological polar surface area (TPSA) is 56.5 Å². The van der Waals surface area contributed by atoms with Crippen molar-refractivity contribution in [2.75, 3.05) is 25.5 Å². The Labute approximate surface area is 128 Å². The van der Waals surface area contributed by atoms with Crippen LogP contribution in [0.25, 0.3) is 11.1 Å². The predicted molar refractivity (Wildman–Crippen MR) is 85.4 cm³/mol. The molecule has 3 N–H and O–H groups in total. The fraction of sp³-hybridized carbons (Fsp3) is 0.250. The highest BCUT2D eigenvalue weighted by molar-refractivity contribution is 6.33. The number of methoxy groups -OCH3 is 1. The van der Waals surface area contributed by atoms with Gasteiger partial charge in [0, 0.05) is 17.7 Å². The molecule has 2 aromatic carbocycles. The summed E-state index contributed by atoms with van der Waals surface area (Å²) in [5.41, 5.74) is 8.53. The van der Waals surface area contributed by atoms with Crippen LogP contribution in [0.5, 0.6) is 11.5 Å². The molecule has 0 amide bonds. The molecule has 0 aromatic heterocycles. The van der Waals surface area contributed by atoms with E-state index in [9.17, 15) is 0 Å². The molecule has 0 unspecified atom stereocenters. The van der Waals surface area contributed by atoms with Gasteiger partial charge in [0.25, 0.3) is 0 Å². The van der Waals surface area contributed by atoms with E-state index in [0.717, 1.165) is 28.3 Å². The Morgan fingerprint density at radius 2 is 2.19 bits per heavy atom. The molecular formula is C16H17ClN2O2. The SMILES string of the molecule is COc1ccc(-c2cccc3c2O[C@H](CN)CN3)c(Cl)c1. The van der Waals surface area contributed by atoms with E-state index < -0.39 is 0 Å². The van der Waals surface area contributed by atoms with Crippen LogP contribution in [0.3, 0.4) is 0 Å². The van der Waals surface area contributed by atoms with Gasteiger partial charge in [-0.05, 0) is 24.3 Å². The van der Waals surface area contributed by atoms with E-state index in [2.05, 4.69) is 5.32 Å². The Morgan fingerprint density at radius 1 is 1.33 bits per heavy atom. The number of nitrogens with one attached hydrogen (secondary N) is 1. The van der Waals surface area contributed by atoms with Crippen molar-refractivity contribution in [2.24, 2.45) is 5.73 Å². The van der Waals surface area contributed by atoms with Crippen LogP contribution in [-0.2, 0) is 0 Å². The van der Waals surface area contributed by atoms with Gasteiger partial charge in [-0.3, -0.25) is 0 Å². The first-order valence-corrected chi connectivity index (χ1v) is 7.18. The van der Waals surface area contributed by atoms with E-state index in [1.807, 2.05) is 30.3 Å². The van der Waals surface area contributed by atoms with Crippen molar-refractivity contribution in [3.8, 4) is 22.6 Å². The third-order valence-corrected chi connectivity index (χ3v) is 3.86. The minimum Gasteiger partial charge on any atom is -0.497 e. The summed E-state index contributed by atoms with van der Waals surface area (Å²) in [5.74, 6) is 1.53. The minimum atomic E-state index is -0.0318. The molecule has 0 bridgehead atoms. The lowest BCUT2D eigenvalue weighted by Crippen LogP contribution is -2.37. The number of rotatable bonds is 3. The Morgan fingerprint density at radius 3 is 2.90 bits per heavy atom. The van der Waals surface area contributed by atoms with E-state index in [0.29, 0.717) is 18.1 Å². The minimum absolute atomic E-state index is 0.0318. The van der Waals surface area contributed by atoms with Gasteiger partial charge in [0.05, 0.1) is 24.4 Å². The second-order valence-corrected chi connectivity index (χ2v) is 5.29. The van der Waals surface area contributed by atoms with Gasteiger partial charge < -0.3 is 20.5 Å². The zero-order chi connectivity index (χ0) is 14.8. The average molecular weight is 305 g/mol. The zero-order valence-electron chi connectivity index (χ0n) is 11.7. The highest BCUT2D eigenvalue weighted by Gasteiger charge is 2.22. The highest BCUT2D eigenvalue weighted by Crippen LogP contribution is 2.42. The summed E-state index contributed by atoms with van der Waals surface area (Å²) in [4.78, 5) is 0. The summed E-state index contributed by atoms with van der Waals surface area (Å²) in [6.07, 6.45) is -0.0318. The van der Waals surface area contributed by atoms with Crippen LogP contribution in [0.15, 0.2) is 36.4 Å². The summed E-state index contributed by atoms with van der Waals surface area (Å²) in [7, 11) is 1.62. The normalized spacial score (nSPS) is 16.6. The van der Waals surface area contributed by atoms with Crippen LogP contribution >= 0.6 is 11.6 Å². The molecule has 1 aliphatic heterocycles. The van der Waals surface area contributed by atoms with Crippen molar-refractivity contribution in [2.45, 2.75) is 6.10 Å². The summed E-state index contributed by atoms with van der Waals surface area (Å²) in [6, 6.07) is 11.6. The number of nitrogens with two attached hydrogens (primary N) is 1. The van der Waals surface area contributed by atoms with Crippen LogP contribution in [0.1, 0.15) is 0 Å². The molecule has 2 aromatic rings. The van der Waals surface area contributed by atoms with Gasteiger partial charge >= 0.3 is 0 Å². The first kappa shape index (κ1) is 14.0. The molecule has 1 heterocycles. The summed E-state index contributed by atoms with van der Waals surface area (Å²) in [6.45, 7) is 1.18. The lowest BCUT2D eigenvalue weighted by Gasteiger charge is -2.28. The predicted octanol–water partition coefficient (Wildman–Crippen LogP) is 3.15. The lowest BCUT2D eigenvalue weighted by molar-refractivity contribution is 0.215. The van der Waals surface area contributed by atoms with Crippen LogP contribution in [0, 0.1) is 0 Å². The molecule has 110 valence electrons. The van der Waals surface area contributed by atoms with E-state index >= 15 is 0 Å². The van der Waals surface area contributed by atoms with Crippen LogP contribution < -0.4 is 20.5 Å². The summed E-state index contributed by atoms with van der Waals surface area (Å²) in [5, 5.41) is 3.97. The second-order valence-electron chi connectivity index (χ2n) is 4.88. The smallest absolute Gasteiger partial charge is 0.150 e. The molecule has 0 fully saturated rings. The van der Waals surface area contributed by atoms with Gasteiger partial charge in [0.15, 0.2) is 5.75 Å². The molecule has 1 aliphatic rings. The highest BCUT2D eigenvalue weighted by atomic mass is 35.5. The van der Waals surface area contributed by atoms with E-state index in [-0.39, 0.29) is 6.10 Å². The Hall–Kier alpha value is -1.91. The van der Waals surface area contributed by atoms with Gasteiger partial charge in [-0.2, -0.15) is 0 Å². The largest absolute Gasteiger partial charge is 0.497 e. The summed E-state index contributed by atoms with van der Waals surface area (Å²) >= 11 is 6.37. The van der Waals surface area contributed by atoms with Gasteiger partial charge in [-0.15, -0.1) is 0 Å². The number of hydrogen-bond acceptors (Lipinski definition) is 4. The molecule has 1 atom stereocenters. The summed E-state index contributed by atoms with van der Waals surface area (Å²) < 4.78 is 11.2. The maximum absolute atomic E-state index is 6.37. The van der Waals surface area contributed by atoms with Gasteiger partial charge in [-0.1, -0.05) is 23.7 Å². The number of benzene rings is 2. The first-order chi connectivity index (χ1) is 10.2. The fourth-order valence-corrected chi connectivity index (χ4v) is 2.69. The molecule has 0 aliphatic carbocycles. The number of anilines is 1. The Balaban J connectivity index is 2.07. The molecule has 0 spiro atoms. The second kappa shape index (κ2) is 5.84. The van der Waals surface area contributed by atoms with Crippen molar-refractivity contribution >= 4 is 17.3 Å². The van der Waals surface area contributed by atoms with Crippen molar-refractivity contribution in [3.63, 3.8) is 0 Å². The number of hydrogen-bond donors (Lipinski definition) is 2. The Kier molecular flexibility index (Phi) is 3.90. The molecule has 21 heavy (non-hydrogen) atoms. The first-order valence-electron chi connectivity index (χ1n) is 6.80. The van der Waals surface area contributed by atoms with Gasteiger partial charge in [0.2, 0.25) is 0 Å². The molecular weight excluding hydrogens is 288 g/mol. The monoisotopic (exact) mass is 304 g/mol. The molecule has 3 rings (SSSR count). The molecule has 4 nitrogen and oxygen atoms in total. The number of ether oxygens (including phenoxy) is 2. The van der Waals surface area contributed by atoms with Crippen LogP contribution in [0.4, 0.5) is 5.69 Å². The van der Waals surface area contributed by atoms with Crippen molar-refractivity contribution in [3.05, 3.63) is 41.4 Å². The molecule has 0 radical (unpaired) electrons. The average Bonchev–Trinajstić information content (AvgIpc) is 2.53. The van der Waals surface area contributed by atoms with E-state index in [4.69, 9.17) is 26.8 Å². The number of fused-ring (bicyclic) bond motifs is 1.